The second kappa shape index (κ2) is 8.95. The van der Waals surface area contributed by atoms with Gasteiger partial charge in [-0.2, -0.15) is 0 Å². The minimum Gasteiger partial charge on any atom is -0.462 e. The second-order valence-corrected chi connectivity index (χ2v) is 7.86. The largest absolute Gasteiger partial charge is 0.462 e. The van der Waals surface area contributed by atoms with Gasteiger partial charge in [-0.15, -0.1) is 11.8 Å². The number of anilines is 2. The summed E-state index contributed by atoms with van der Waals surface area (Å²) in [7, 11) is 0. The zero-order valence-corrected chi connectivity index (χ0v) is 16.4. The Morgan fingerprint density at radius 3 is 2.67 bits per heavy atom. The number of nitrogens with one attached hydrogen (secondary N) is 1. The highest BCUT2D eigenvalue weighted by molar-refractivity contribution is 8.00. The summed E-state index contributed by atoms with van der Waals surface area (Å²) in [5, 5.41) is 3.63. The summed E-state index contributed by atoms with van der Waals surface area (Å²) in [6, 6.07) is 15.0. The van der Waals surface area contributed by atoms with Crippen LogP contribution in [0.2, 0.25) is 0 Å². The molecule has 2 aromatic rings. The molecule has 27 heavy (non-hydrogen) atoms. The van der Waals surface area contributed by atoms with Gasteiger partial charge in [0.05, 0.1) is 24.4 Å². The molecule has 1 unspecified atom stereocenters. The standard InChI is InChI=1S/C21H24N2O3S/c1-3-26-21(25)16-8-10-17(11-9-16)22-14-20(24)23-13-12-15(2)27-19-7-5-4-6-18(19)23/h4-11,15,22H,3,12-14H2,1-2H3. The number of nitrogens with zero attached hydrogens (tertiary/aromatic N) is 1. The summed E-state index contributed by atoms with van der Waals surface area (Å²) >= 11 is 1.82. The van der Waals surface area contributed by atoms with Crippen molar-refractivity contribution in [3.63, 3.8) is 0 Å². The van der Waals surface area contributed by atoms with Crippen LogP contribution in [0.5, 0.6) is 0 Å². The van der Waals surface area contributed by atoms with Gasteiger partial charge in [-0.05, 0) is 49.7 Å². The second-order valence-electron chi connectivity index (χ2n) is 6.38. The predicted octanol–water partition coefficient (Wildman–Crippen LogP) is 4.19. The Kier molecular flexibility index (Phi) is 6.40. The van der Waals surface area contributed by atoms with E-state index < -0.39 is 0 Å². The lowest BCUT2D eigenvalue weighted by molar-refractivity contribution is -0.117. The van der Waals surface area contributed by atoms with Gasteiger partial charge < -0.3 is 15.0 Å². The molecule has 0 aliphatic carbocycles. The van der Waals surface area contributed by atoms with Crippen molar-refractivity contribution in [2.75, 3.05) is 29.9 Å². The summed E-state index contributed by atoms with van der Waals surface area (Å²) in [5.74, 6) is -0.306. The van der Waals surface area contributed by atoms with Gasteiger partial charge in [-0.25, -0.2) is 4.79 Å². The number of amides is 1. The van der Waals surface area contributed by atoms with E-state index >= 15 is 0 Å². The number of benzene rings is 2. The molecule has 0 saturated carbocycles. The fourth-order valence-electron chi connectivity index (χ4n) is 2.96. The van der Waals surface area contributed by atoms with Crippen LogP contribution >= 0.6 is 11.8 Å². The minimum atomic E-state index is -0.340. The smallest absolute Gasteiger partial charge is 0.338 e. The molecule has 0 saturated heterocycles. The molecule has 5 nitrogen and oxygen atoms in total. The number of hydrogen-bond donors (Lipinski definition) is 1. The highest BCUT2D eigenvalue weighted by atomic mass is 32.2. The molecule has 0 fully saturated rings. The summed E-state index contributed by atoms with van der Waals surface area (Å²) in [6.07, 6.45) is 0.958. The van der Waals surface area contributed by atoms with E-state index in [-0.39, 0.29) is 18.4 Å². The van der Waals surface area contributed by atoms with Gasteiger partial charge in [0.15, 0.2) is 0 Å². The van der Waals surface area contributed by atoms with Crippen molar-refractivity contribution >= 4 is 35.0 Å². The molecule has 0 radical (unpaired) electrons. The number of ether oxygens (including phenoxy) is 1. The third kappa shape index (κ3) is 4.83. The van der Waals surface area contributed by atoms with E-state index in [1.165, 1.54) is 0 Å². The van der Waals surface area contributed by atoms with Gasteiger partial charge >= 0.3 is 5.97 Å². The number of carbonyl (C=O) groups is 2. The van der Waals surface area contributed by atoms with Crippen LogP contribution in [0.25, 0.3) is 0 Å². The number of hydrogen-bond acceptors (Lipinski definition) is 5. The SMILES string of the molecule is CCOC(=O)c1ccc(NCC(=O)N2CCC(C)Sc3ccccc32)cc1. The number of rotatable bonds is 5. The first-order valence-electron chi connectivity index (χ1n) is 9.15. The van der Waals surface area contributed by atoms with E-state index in [2.05, 4.69) is 18.3 Å². The monoisotopic (exact) mass is 384 g/mol. The van der Waals surface area contributed by atoms with Crippen LogP contribution in [0.3, 0.4) is 0 Å². The summed E-state index contributed by atoms with van der Waals surface area (Å²) in [5.41, 5.74) is 2.28. The molecule has 6 heteroatoms. The first kappa shape index (κ1) is 19.3. The zero-order valence-electron chi connectivity index (χ0n) is 15.6. The molecule has 1 aliphatic heterocycles. The molecular formula is C21H24N2O3S. The van der Waals surface area contributed by atoms with Crippen molar-refractivity contribution in [2.45, 2.75) is 30.4 Å². The van der Waals surface area contributed by atoms with Crippen LogP contribution in [-0.4, -0.2) is 36.8 Å². The number of esters is 1. The Labute approximate surface area is 164 Å². The molecule has 1 aliphatic rings. The molecule has 0 spiro atoms. The van der Waals surface area contributed by atoms with E-state index in [0.29, 0.717) is 24.0 Å². The highest BCUT2D eigenvalue weighted by Gasteiger charge is 2.23. The maximum atomic E-state index is 12.8. The quantitative estimate of drug-likeness (QED) is 0.783. The van der Waals surface area contributed by atoms with Crippen LogP contribution in [0.4, 0.5) is 11.4 Å². The van der Waals surface area contributed by atoms with Crippen LogP contribution in [0.1, 0.15) is 30.6 Å². The molecule has 0 aromatic heterocycles. The van der Waals surface area contributed by atoms with Gasteiger partial charge in [0, 0.05) is 22.4 Å². The number of carbonyl (C=O) groups excluding carboxylic acids is 2. The van der Waals surface area contributed by atoms with Gasteiger partial charge in [0.25, 0.3) is 0 Å². The van der Waals surface area contributed by atoms with Crippen LogP contribution in [0, 0.1) is 0 Å². The van der Waals surface area contributed by atoms with E-state index in [1.807, 2.05) is 34.9 Å². The van der Waals surface area contributed by atoms with E-state index in [1.54, 1.807) is 31.2 Å². The van der Waals surface area contributed by atoms with E-state index in [0.717, 1.165) is 22.7 Å². The van der Waals surface area contributed by atoms with Crippen molar-refractivity contribution in [3.05, 3.63) is 54.1 Å². The van der Waals surface area contributed by atoms with Crippen molar-refractivity contribution in [3.8, 4) is 0 Å². The Morgan fingerprint density at radius 1 is 1.19 bits per heavy atom. The Bertz CT molecular complexity index is 807. The lowest BCUT2D eigenvalue weighted by Gasteiger charge is -2.23. The van der Waals surface area contributed by atoms with Gasteiger partial charge in [-0.1, -0.05) is 19.1 Å². The Hall–Kier alpha value is -2.47. The fraction of sp³-hybridized carbons (Fsp3) is 0.333. The highest BCUT2D eigenvalue weighted by Crippen LogP contribution is 2.37. The minimum absolute atomic E-state index is 0.0339. The average molecular weight is 385 g/mol. The maximum Gasteiger partial charge on any atom is 0.338 e. The fourth-order valence-corrected chi connectivity index (χ4v) is 4.07. The molecule has 142 valence electrons. The normalized spacial score (nSPS) is 16.2. The molecule has 1 heterocycles. The molecule has 0 bridgehead atoms. The predicted molar refractivity (Wildman–Crippen MR) is 110 cm³/mol. The molecule has 1 N–H and O–H groups in total. The van der Waals surface area contributed by atoms with Gasteiger partial charge in [-0.3, -0.25) is 4.79 Å². The van der Waals surface area contributed by atoms with Crippen molar-refractivity contribution in [1.82, 2.24) is 0 Å². The third-order valence-electron chi connectivity index (χ3n) is 4.38. The van der Waals surface area contributed by atoms with E-state index in [9.17, 15) is 9.59 Å². The number of fused-ring (bicyclic) bond motifs is 1. The lowest BCUT2D eigenvalue weighted by atomic mass is 10.2. The van der Waals surface area contributed by atoms with Gasteiger partial charge in [0.2, 0.25) is 5.91 Å². The number of para-hydroxylation sites is 1. The topological polar surface area (TPSA) is 58.6 Å². The molecular weight excluding hydrogens is 360 g/mol. The first-order chi connectivity index (χ1) is 13.1. The number of thioether (sulfide) groups is 1. The molecule has 1 atom stereocenters. The molecule has 2 aromatic carbocycles. The Morgan fingerprint density at radius 2 is 1.93 bits per heavy atom. The van der Waals surface area contributed by atoms with E-state index in [4.69, 9.17) is 4.74 Å². The van der Waals surface area contributed by atoms with Crippen molar-refractivity contribution in [1.29, 1.82) is 0 Å². The zero-order chi connectivity index (χ0) is 19.2. The first-order valence-corrected chi connectivity index (χ1v) is 10.0. The molecule has 1 amide bonds. The Balaban J connectivity index is 1.65. The summed E-state index contributed by atoms with van der Waals surface area (Å²) in [4.78, 5) is 27.5. The summed E-state index contributed by atoms with van der Waals surface area (Å²) < 4.78 is 4.98. The van der Waals surface area contributed by atoms with Crippen LogP contribution in [-0.2, 0) is 9.53 Å². The van der Waals surface area contributed by atoms with Crippen molar-refractivity contribution in [2.24, 2.45) is 0 Å². The van der Waals surface area contributed by atoms with Gasteiger partial charge in [0.1, 0.15) is 0 Å². The lowest BCUT2D eigenvalue weighted by Crippen LogP contribution is -2.36. The maximum absolute atomic E-state index is 12.8. The summed E-state index contributed by atoms with van der Waals surface area (Å²) in [6.45, 7) is 5.24. The van der Waals surface area contributed by atoms with Crippen LogP contribution < -0.4 is 10.2 Å². The third-order valence-corrected chi connectivity index (χ3v) is 5.62. The van der Waals surface area contributed by atoms with Crippen molar-refractivity contribution < 1.29 is 14.3 Å². The van der Waals surface area contributed by atoms with Crippen LogP contribution in [0.15, 0.2) is 53.4 Å². The average Bonchev–Trinajstić information content (AvgIpc) is 2.85. The molecule has 3 rings (SSSR count).